The Morgan fingerprint density at radius 1 is 1.06 bits per heavy atom. The molecule has 1 aliphatic rings. The van der Waals surface area contributed by atoms with Gasteiger partial charge in [-0.15, -0.1) is 0 Å². The highest BCUT2D eigenvalue weighted by atomic mass is 32.2. The van der Waals surface area contributed by atoms with Crippen molar-refractivity contribution in [2.24, 2.45) is 0 Å². The number of alkyl halides is 3. The lowest BCUT2D eigenvalue weighted by molar-refractivity contribution is -0.0500. The van der Waals surface area contributed by atoms with Gasteiger partial charge in [0, 0.05) is 36.5 Å². The van der Waals surface area contributed by atoms with E-state index in [1.165, 1.54) is 36.4 Å². The van der Waals surface area contributed by atoms with Crippen LogP contribution in [0.5, 0.6) is 11.5 Å². The molecular formula is C20H16F3NO7S. The van der Waals surface area contributed by atoms with Gasteiger partial charge < -0.3 is 23.3 Å². The number of anilines is 1. The smallest absolute Gasteiger partial charge is 0.507 e. The minimum absolute atomic E-state index is 0.107. The number of aromatic hydroxyl groups is 1. The Morgan fingerprint density at radius 3 is 2.34 bits per heavy atom. The molecule has 0 saturated carbocycles. The van der Waals surface area contributed by atoms with Gasteiger partial charge in [-0.3, -0.25) is 4.79 Å². The molecule has 0 bridgehead atoms. The molecule has 1 saturated heterocycles. The third-order valence-electron chi connectivity index (χ3n) is 4.81. The van der Waals surface area contributed by atoms with Crippen LogP contribution in [0.2, 0.25) is 0 Å². The van der Waals surface area contributed by atoms with Crippen LogP contribution in [0, 0.1) is 0 Å². The molecule has 8 nitrogen and oxygen atoms in total. The maximum Gasteiger partial charge on any atom is 0.534 e. The Bertz CT molecular complexity index is 1320. The first kappa shape index (κ1) is 22.0. The third-order valence-corrected chi connectivity index (χ3v) is 5.76. The van der Waals surface area contributed by atoms with E-state index in [1.54, 1.807) is 6.07 Å². The molecule has 0 amide bonds. The van der Waals surface area contributed by atoms with Gasteiger partial charge in [0.2, 0.25) is 11.2 Å². The predicted molar refractivity (Wildman–Crippen MR) is 108 cm³/mol. The SMILES string of the molecule is O=c1c(OS(=O)(=O)C(F)(F)F)c(-c2ccccc2)oc2cc(N3CCOCC3)cc(O)c12. The van der Waals surface area contributed by atoms with Crippen molar-refractivity contribution in [3.8, 4) is 22.8 Å². The second-order valence-corrected chi connectivity index (χ2v) is 8.41. The van der Waals surface area contributed by atoms with Gasteiger partial charge in [0.25, 0.3) is 0 Å². The number of benzene rings is 2. The Kier molecular flexibility index (Phi) is 5.51. The first-order valence-electron chi connectivity index (χ1n) is 9.31. The molecule has 2 heterocycles. The van der Waals surface area contributed by atoms with Gasteiger partial charge in [0.1, 0.15) is 16.7 Å². The first-order chi connectivity index (χ1) is 15.1. The minimum Gasteiger partial charge on any atom is -0.507 e. The zero-order chi connectivity index (χ0) is 23.1. The number of halogens is 3. The van der Waals surface area contributed by atoms with Crippen molar-refractivity contribution in [2.45, 2.75) is 5.51 Å². The Balaban J connectivity index is 1.97. The standard InChI is InChI=1S/C20H16F3NO7S/c21-20(22,23)32(27,28)31-19-17(26)16-14(25)10-13(24-6-8-29-9-7-24)11-15(16)30-18(19)12-4-2-1-3-5-12/h1-5,10-11,25H,6-9H2. The van der Waals surface area contributed by atoms with Crippen LogP contribution < -0.4 is 14.5 Å². The van der Waals surface area contributed by atoms with Crippen molar-refractivity contribution in [3.63, 3.8) is 0 Å². The summed E-state index contributed by atoms with van der Waals surface area (Å²) in [6.07, 6.45) is 0. The summed E-state index contributed by atoms with van der Waals surface area (Å²) in [5, 5.41) is 9.96. The van der Waals surface area contributed by atoms with E-state index in [-0.39, 0.29) is 11.1 Å². The Hall–Kier alpha value is -3.25. The molecule has 1 N–H and O–H groups in total. The number of hydrogen-bond acceptors (Lipinski definition) is 8. The number of nitrogens with zero attached hydrogens (tertiary/aromatic N) is 1. The van der Waals surface area contributed by atoms with E-state index in [4.69, 9.17) is 9.15 Å². The molecule has 0 aliphatic carbocycles. The van der Waals surface area contributed by atoms with E-state index >= 15 is 0 Å². The van der Waals surface area contributed by atoms with Crippen LogP contribution in [0.3, 0.4) is 0 Å². The van der Waals surface area contributed by atoms with Gasteiger partial charge in [0.05, 0.1) is 13.2 Å². The summed E-state index contributed by atoms with van der Waals surface area (Å²) in [4.78, 5) is 14.9. The molecule has 32 heavy (non-hydrogen) atoms. The summed E-state index contributed by atoms with van der Waals surface area (Å²) < 4.78 is 77.2. The van der Waals surface area contributed by atoms with E-state index in [9.17, 15) is 31.5 Å². The summed E-state index contributed by atoms with van der Waals surface area (Å²) in [5.41, 5.74) is -6.58. The average molecular weight is 471 g/mol. The molecule has 12 heteroatoms. The first-order valence-corrected chi connectivity index (χ1v) is 10.7. The van der Waals surface area contributed by atoms with Gasteiger partial charge >= 0.3 is 15.6 Å². The molecule has 1 aliphatic heterocycles. The lowest BCUT2D eigenvalue weighted by Gasteiger charge is -2.29. The summed E-state index contributed by atoms with van der Waals surface area (Å²) in [5.74, 6) is -2.31. The zero-order valence-corrected chi connectivity index (χ0v) is 17.1. The fourth-order valence-corrected chi connectivity index (χ4v) is 3.75. The second kappa shape index (κ2) is 8.02. The molecule has 0 atom stereocenters. The fourth-order valence-electron chi connectivity index (χ4n) is 3.28. The number of phenols is 1. The second-order valence-electron chi connectivity index (χ2n) is 6.88. The number of rotatable bonds is 4. The summed E-state index contributed by atoms with van der Waals surface area (Å²) in [6.45, 7) is 1.90. The summed E-state index contributed by atoms with van der Waals surface area (Å²) >= 11 is 0. The Labute approximate surface area is 179 Å². The molecular weight excluding hydrogens is 455 g/mol. The minimum atomic E-state index is -6.17. The van der Waals surface area contributed by atoms with Crippen LogP contribution >= 0.6 is 0 Å². The summed E-state index contributed by atoms with van der Waals surface area (Å²) in [6, 6.07) is 10.1. The molecule has 3 aromatic rings. The van der Waals surface area contributed by atoms with E-state index in [0.29, 0.717) is 32.0 Å². The maximum absolute atomic E-state index is 13.0. The van der Waals surface area contributed by atoms with Gasteiger partial charge in [-0.2, -0.15) is 21.6 Å². The number of ether oxygens (including phenoxy) is 1. The van der Waals surface area contributed by atoms with E-state index in [1.807, 2.05) is 4.90 Å². The van der Waals surface area contributed by atoms with Crippen molar-refractivity contribution < 1.29 is 40.0 Å². The quantitative estimate of drug-likeness (QED) is 0.457. The molecule has 1 fully saturated rings. The van der Waals surface area contributed by atoms with Gasteiger partial charge in [0.15, 0.2) is 5.76 Å². The van der Waals surface area contributed by atoms with Gasteiger partial charge in [-0.1, -0.05) is 30.3 Å². The van der Waals surface area contributed by atoms with Crippen LogP contribution in [0.25, 0.3) is 22.3 Å². The predicted octanol–water partition coefficient (Wildman–Crippen LogP) is 3.23. The number of phenolic OH excluding ortho intramolecular Hbond substituents is 1. The van der Waals surface area contributed by atoms with Gasteiger partial charge in [-0.05, 0) is 0 Å². The zero-order valence-electron chi connectivity index (χ0n) is 16.3. The lowest BCUT2D eigenvalue weighted by atomic mass is 10.1. The monoisotopic (exact) mass is 471 g/mol. The highest BCUT2D eigenvalue weighted by molar-refractivity contribution is 7.88. The number of morpholine rings is 1. The van der Waals surface area contributed by atoms with Crippen LogP contribution in [-0.2, 0) is 14.9 Å². The van der Waals surface area contributed by atoms with E-state index < -0.39 is 43.7 Å². The molecule has 170 valence electrons. The van der Waals surface area contributed by atoms with Gasteiger partial charge in [-0.25, -0.2) is 0 Å². The van der Waals surface area contributed by atoms with E-state index in [0.717, 1.165) is 0 Å². The average Bonchev–Trinajstić information content (AvgIpc) is 2.75. The van der Waals surface area contributed by atoms with Crippen LogP contribution in [-0.4, -0.2) is 45.3 Å². The molecule has 0 unspecified atom stereocenters. The molecule has 0 radical (unpaired) electrons. The number of fused-ring (bicyclic) bond motifs is 1. The van der Waals surface area contributed by atoms with E-state index in [2.05, 4.69) is 4.18 Å². The van der Waals surface area contributed by atoms with Crippen molar-refractivity contribution in [1.29, 1.82) is 0 Å². The van der Waals surface area contributed by atoms with Crippen LogP contribution in [0.1, 0.15) is 0 Å². The highest BCUT2D eigenvalue weighted by Crippen LogP contribution is 2.38. The fraction of sp³-hybridized carbons (Fsp3) is 0.250. The molecule has 2 aromatic carbocycles. The third kappa shape index (κ3) is 3.98. The van der Waals surface area contributed by atoms with Crippen molar-refractivity contribution in [3.05, 3.63) is 52.7 Å². The van der Waals surface area contributed by atoms with Crippen molar-refractivity contribution in [2.75, 3.05) is 31.2 Å². The normalized spacial score (nSPS) is 15.2. The maximum atomic E-state index is 13.0. The summed E-state index contributed by atoms with van der Waals surface area (Å²) in [7, 11) is -6.17. The largest absolute Gasteiger partial charge is 0.534 e. The topological polar surface area (TPSA) is 106 Å². The highest BCUT2D eigenvalue weighted by Gasteiger charge is 2.49. The molecule has 0 spiro atoms. The lowest BCUT2D eigenvalue weighted by Crippen LogP contribution is -2.36. The van der Waals surface area contributed by atoms with Crippen LogP contribution in [0.15, 0.2) is 51.7 Å². The van der Waals surface area contributed by atoms with Crippen LogP contribution in [0.4, 0.5) is 18.9 Å². The van der Waals surface area contributed by atoms with Crippen molar-refractivity contribution >= 4 is 26.8 Å². The number of hydrogen-bond donors (Lipinski definition) is 1. The molecule has 1 aromatic heterocycles. The van der Waals surface area contributed by atoms with Crippen molar-refractivity contribution in [1.82, 2.24) is 0 Å². The Morgan fingerprint density at radius 2 is 1.72 bits per heavy atom. The molecule has 4 rings (SSSR count).